The third kappa shape index (κ3) is 4.64. The standard InChI is InChI=1S/C20H24FN7O4S/c1-3-20(2)16(30)28(18(31)22-20)25-15(29)12-33-19-24-23-17(26-7-9-32-10-8-26)27(19)14-6-4-5-13(21)11-14/h4-6,11H,3,7-10,12H2,1-2H3,(H,22,31)(H,25,29). The van der Waals surface area contributed by atoms with Crippen molar-refractivity contribution >= 4 is 35.6 Å². The average Bonchev–Trinajstić information content (AvgIpc) is 3.33. The number of carbonyl (C=O) groups is 3. The lowest BCUT2D eigenvalue weighted by Gasteiger charge is -2.27. The van der Waals surface area contributed by atoms with Crippen molar-refractivity contribution in [3.05, 3.63) is 30.1 Å². The number of anilines is 1. The normalized spacial score (nSPS) is 20.8. The third-order valence-electron chi connectivity index (χ3n) is 5.51. The summed E-state index contributed by atoms with van der Waals surface area (Å²) < 4.78 is 21.0. The zero-order valence-corrected chi connectivity index (χ0v) is 19.0. The molecule has 2 aliphatic heterocycles. The quantitative estimate of drug-likeness (QED) is 0.449. The Hall–Kier alpha value is -3.19. The van der Waals surface area contributed by atoms with Gasteiger partial charge in [0.1, 0.15) is 11.4 Å². The number of ether oxygens (including phenoxy) is 1. The van der Waals surface area contributed by atoms with Crippen LogP contribution in [0.3, 0.4) is 0 Å². The van der Waals surface area contributed by atoms with Gasteiger partial charge in [-0.3, -0.25) is 19.6 Å². The maximum Gasteiger partial charge on any atom is 0.344 e. The number of hydrogen-bond donors (Lipinski definition) is 2. The number of halogens is 1. The molecule has 176 valence electrons. The number of thioether (sulfide) groups is 1. The second kappa shape index (κ2) is 9.35. The van der Waals surface area contributed by atoms with Crippen molar-refractivity contribution in [1.29, 1.82) is 0 Å². The van der Waals surface area contributed by atoms with Crippen molar-refractivity contribution in [1.82, 2.24) is 30.5 Å². The van der Waals surface area contributed by atoms with Gasteiger partial charge in [-0.05, 0) is 31.5 Å². The topological polar surface area (TPSA) is 122 Å². The summed E-state index contributed by atoms with van der Waals surface area (Å²) in [6.45, 7) is 5.63. The molecule has 1 aromatic carbocycles. The zero-order chi connectivity index (χ0) is 23.6. The molecule has 0 bridgehead atoms. The molecule has 0 saturated carbocycles. The zero-order valence-electron chi connectivity index (χ0n) is 18.2. The van der Waals surface area contributed by atoms with Crippen LogP contribution in [0.25, 0.3) is 5.69 Å². The number of urea groups is 1. The molecule has 0 radical (unpaired) electrons. The molecule has 0 aliphatic carbocycles. The van der Waals surface area contributed by atoms with E-state index < -0.39 is 29.2 Å². The van der Waals surface area contributed by atoms with E-state index in [1.165, 1.54) is 12.1 Å². The predicted octanol–water partition coefficient (Wildman–Crippen LogP) is 1.09. The van der Waals surface area contributed by atoms with E-state index in [1.807, 2.05) is 4.90 Å². The van der Waals surface area contributed by atoms with Gasteiger partial charge in [-0.25, -0.2) is 9.18 Å². The highest BCUT2D eigenvalue weighted by Crippen LogP contribution is 2.27. The molecular weight excluding hydrogens is 453 g/mol. The number of morpholine rings is 1. The number of amides is 4. The van der Waals surface area contributed by atoms with Crippen LogP contribution in [0.2, 0.25) is 0 Å². The molecule has 13 heteroatoms. The SMILES string of the molecule is CCC1(C)NC(=O)N(NC(=O)CSc2nnc(N3CCOCC3)n2-c2cccc(F)c2)C1=O. The Morgan fingerprint density at radius 2 is 2.06 bits per heavy atom. The molecule has 2 fully saturated rings. The van der Waals surface area contributed by atoms with Crippen molar-refractivity contribution in [3.63, 3.8) is 0 Å². The average molecular weight is 478 g/mol. The summed E-state index contributed by atoms with van der Waals surface area (Å²) in [5.74, 6) is -1.13. The smallest absolute Gasteiger partial charge is 0.344 e. The van der Waals surface area contributed by atoms with Gasteiger partial charge in [0, 0.05) is 13.1 Å². The van der Waals surface area contributed by atoms with Crippen molar-refractivity contribution < 1.29 is 23.5 Å². The number of nitrogens with one attached hydrogen (secondary N) is 2. The highest BCUT2D eigenvalue weighted by atomic mass is 32.2. The molecule has 0 spiro atoms. The minimum absolute atomic E-state index is 0.142. The van der Waals surface area contributed by atoms with Gasteiger partial charge in [-0.2, -0.15) is 5.01 Å². The maximum atomic E-state index is 13.9. The van der Waals surface area contributed by atoms with Crippen LogP contribution in [0.5, 0.6) is 0 Å². The van der Waals surface area contributed by atoms with Crippen molar-refractivity contribution in [2.75, 3.05) is 37.0 Å². The summed E-state index contributed by atoms with van der Waals surface area (Å²) in [4.78, 5) is 39.1. The van der Waals surface area contributed by atoms with Gasteiger partial charge in [-0.15, -0.1) is 10.2 Å². The number of imide groups is 1. The number of aromatic nitrogens is 3. The first-order chi connectivity index (χ1) is 15.8. The largest absolute Gasteiger partial charge is 0.378 e. The van der Waals surface area contributed by atoms with E-state index in [9.17, 15) is 18.8 Å². The number of hydrogen-bond acceptors (Lipinski definition) is 8. The van der Waals surface area contributed by atoms with E-state index >= 15 is 0 Å². The molecule has 1 aromatic heterocycles. The van der Waals surface area contributed by atoms with Crippen LogP contribution in [0, 0.1) is 5.82 Å². The van der Waals surface area contributed by atoms with E-state index in [0.717, 1.165) is 11.8 Å². The van der Waals surface area contributed by atoms with Crippen LogP contribution in [0.15, 0.2) is 29.4 Å². The van der Waals surface area contributed by atoms with Crippen molar-refractivity contribution in [3.8, 4) is 5.69 Å². The summed E-state index contributed by atoms with van der Waals surface area (Å²) in [7, 11) is 0. The molecule has 1 unspecified atom stereocenters. The van der Waals surface area contributed by atoms with Gasteiger partial charge in [0.15, 0.2) is 5.16 Å². The molecule has 2 aromatic rings. The first-order valence-electron chi connectivity index (χ1n) is 10.5. The molecule has 3 heterocycles. The molecule has 11 nitrogen and oxygen atoms in total. The van der Waals surface area contributed by atoms with Gasteiger partial charge in [-0.1, -0.05) is 24.8 Å². The fraction of sp³-hybridized carbons (Fsp3) is 0.450. The lowest BCUT2D eigenvalue weighted by atomic mass is 10.00. The second-order valence-corrected chi connectivity index (χ2v) is 8.72. The van der Waals surface area contributed by atoms with Gasteiger partial charge in [0.2, 0.25) is 11.9 Å². The number of carbonyl (C=O) groups excluding carboxylic acids is 3. The Kier molecular flexibility index (Phi) is 6.51. The highest BCUT2D eigenvalue weighted by Gasteiger charge is 2.47. The van der Waals surface area contributed by atoms with Gasteiger partial charge in [0.05, 0.1) is 24.7 Å². The third-order valence-corrected chi connectivity index (χ3v) is 6.44. The summed E-state index contributed by atoms with van der Waals surface area (Å²) in [6.07, 6.45) is 0.389. The number of benzene rings is 1. The fourth-order valence-electron chi connectivity index (χ4n) is 3.48. The van der Waals surface area contributed by atoms with Crippen LogP contribution >= 0.6 is 11.8 Å². The monoisotopic (exact) mass is 477 g/mol. The van der Waals surface area contributed by atoms with E-state index in [2.05, 4.69) is 20.9 Å². The summed E-state index contributed by atoms with van der Waals surface area (Å²) in [5.41, 5.74) is 1.80. The lowest BCUT2D eigenvalue weighted by Crippen LogP contribution is -2.49. The number of nitrogens with zero attached hydrogens (tertiary/aromatic N) is 5. The molecule has 2 N–H and O–H groups in total. The van der Waals surface area contributed by atoms with Crippen LogP contribution < -0.4 is 15.6 Å². The Labute approximate surface area is 193 Å². The molecule has 33 heavy (non-hydrogen) atoms. The summed E-state index contributed by atoms with van der Waals surface area (Å²) in [6, 6.07) is 5.32. The Balaban J connectivity index is 1.51. The Morgan fingerprint density at radius 3 is 2.73 bits per heavy atom. The summed E-state index contributed by atoms with van der Waals surface area (Å²) >= 11 is 1.06. The second-order valence-electron chi connectivity index (χ2n) is 7.78. The molecule has 2 saturated heterocycles. The van der Waals surface area contributed by atoms with E-state index in [0.29, 0.717) is 54.5 Å². The van der Waals surface area contributed by atoms with Crippen molar-refractivity contribution in [2.45, 2.75) is 31.0 Å². The van der Waals surface area contributed by atoms with Gasteiger partial charge in [0.25, 0.3) is 5.91 Å². The maximum absolute atomic E-state index is 13.9. The van der Waals surface area contributed by atoms with Gasteiger partial charge >= 0.3 is 6.03 Å². The Bertz CT molecular complexity index is 1070. The number of rotatable bonds is 7. The van der Waals surface area contributed by atoms with E-state index in [1.54, 1.807) is 30.5 Å². The molecule has 4 rings (SSSR count). The Morgan fingerprint density at radius 1 is 1.30 bits per heavy atom. The number of hydrazine groups is 1. The lowest BCUT2D eigenvalue weighted by molar-refractivity contribution is -0.137. The molecule has 2 aliphatic rings. The first-order valence-corrected chi connectivity index (χ1v) is 11.4. The van der Waals surface area contributed by atoms with Gasteiger partial charge < -0.3 is 15.0 Å². The predicted molar refractivity (Wildman–Crippen MR) is 117 cm³/mol. The highest BCUT2D eigenvalue weighted by molar-refractivity contribution is 7.99. The van der Waals surface area contributed by atoms with E-state index in [4.69, 9.17) is 4.74 Å². The van der Waals surface area contributed by atoms with E-state index in [-0.39, 0.29) is 5.75 Å². The molecular formula is C20H24FN7O4S. The molecule has 4 amide bonds. The van der Waals surface area contributed by atoms with Crippen LogP contribution in [-0.2, 0) is 14.3 Å². The first kappa shape index (κ1) is 23.0. The fourth-order valence-corrected chi connectivity index (χ4v) is 4.22. The van der Waals surface area contributed by atoms with Crippen molar-refractivity contribution in [2.24, 2.45) is 0 Å². The van der Waals surface area contributed by atoms with Crippen LogP contribution in [-0.4, -0.2) is 75.2 Å². The van der Waals surface area contributed by atoms with Crippen LogP contribution in [0.1, 0.15) is 20.3 Å². The summed E-state index contributed by atoms with van der Waals surface area (Å²) in [5, 5.41) is 12.1. The molecule has 1 atom stereocenters. The minimum Gasteiger partial charge on any atom is -0.378 e. The van der Waals surface area contributed by atoms with Crippen LogP contribution in [0.4, 0.5) is 15.1 Å². The minimum atomic E-state index is -1.05.